The van der Waals surface area contributed by atoms with Gasteiger partial charge in [0.2, 0.25) is 5.91 Å². The van der Waals surface area contributed by atoms with Gasteiger partial charge in [-0.25, -0.2) is 13.4 Å². The highest BCUT2D eigenvalue weighted by atomic mass is 35.7. The minimum absolute atomic E-state index is 0.263. The Labute approximate surface area is 123 Å². The van der Waals surface area contributed by atoms with Gasteiger partial charge in [-0.1, -0.05) is 6.92 Å². The SMILES string of the molecule is CCCc1nc(S(=O)(=O)Cl)cn1CC(=O)NCC(F)(F)F. The number of hydrogen-bond donors (Lipinski definition) is 1. The van der Waals surface area contributed by atoms with Crippen molar-refractivity contribution in [3.8, 4) is 0 Å². The third kappa shape index (κ3) is 5.92. The van der Waals surface area contributed by atoms with Gasteiger partial charge >= 0.3 is 6.18 Å². The number of alkyl halides is 3. The summed E-state index contributed by atoms with van der Waals surface area (Å²) >= 11 is 0. The largest absolute Gasteiger partial charge is 0.405 e. The highest BCUT2D eigenvalue weighted by molar-refractivity contribution is 8.13. The molecular weight excluding hydrogens is 335 g/mol. The number of imidazole rings is 1. The second-order valence-electron chi connectivity index (χ2n) is 4.20. The minimum atomic E-state index is -4.51. The standard InChI is InChI=1S/C10H13ClF3N3O3S/c1-2-3-7-16-9(21(11,19)20)5-17(7)4-8(18)15-6-10(12,13)14/h5H,2-4,6H2,1H3,(H,15,18). The van der Waals surface area contributed by atoms with E-state index in [-0.39, 0.29) is 5.82 Å². The number of carbonyl (C=O) groups excluding carboxylic acids is 1. The van der Waals surface area contributed by atoms with E-state index in [0.29, 0.717) is 12.8 Å². The number of hydrogen-bond acceptors (Lipinski definition) is 4. The molecule has 1 aromatic heterocycles. The van der Waals surface area contributed by atoms with Crippen molar-refractivity contribution in [1.29, 1.82) is 0 Å². The van der Waals surface area contributed by atoms with E-state index < -0.39 is 39.2 Å². The molecule has 11 heteroatoms. The van der Waals surface area contributed by atoms with Crippen molar-refractivity contribution >= 4 is 25.6 Å². The van der Waals surface area contributed by atoms with Crippen molar-refractivity contribution in [3.05, 3.63) is 12.0 Å². The van der Waals surface area contributed by atoms with E-state index in [9.17, 15) is 26.4 Å². The molecule has 0 radical (unpaired) electrons. The molecule has 0 saturated carbocycles. The molecule has 0 spiro atoms. The van der Waals surface area contributed by atoms with Crippen LogP contribution < -0.4 is 5.32 Å². The van der Waals surface area contributed by atoms with Crippen molar-refractivity contribution in [2.45, 2.75) is 37.5 Å². The van der Waals surface area contributed by atoms with Gasteiger partial charge in [-0.05, 0) is 6.42 Å². The minimum Gasteiger partial charge on any atom is -0.345 e. The second-order valence-corrected chi connectivity index (χ2v) is 6.72. The molecule has 0 saturated heterocycles. The molecule has 1 aromatic rings. The molecule has 1 amide bonds. The van der Waals surface area contributed by atoms with E-state index in [1.54, 1.807) is 12.2 Å². The van der Waals surface area contributed by atoms with Gasteiger partial charge < -0.3 is 9.88 Å². The number of nitrogens with zero attached hydrogens (tertiary/aromatic N) is 2. The molecule has 1 N–H and O–H groups in total. The number of aryl methyl sites for hydroxylation is 1. The Morgan fingerprint density at radius 3 is 2.57 bits per heavy atom. The summed E-state index contributed by atoms with van der Waals surface area (Å²) in [6.45, 7) is -0.118. The molecule has 21 heavy (non-hydrogen) atoms. The Bertz CT molecular complexity index is 613. The molecule has 0 atom stereocenters. The van der Waals surface area contributed by atoms with Crippen molar-refractivity contribution in [2.24, 2.45) is 0 Å². The van der Waals surface area contributed by atoms with Crippen LogP contribution in [-0.2, 0) is 26.8 Å². The van der Waals surface area contributed by atoms with Crippen LogP contribution in [0.5, 0.6) is 0 Å². The van der Waals surface area contributed by atoms with Crippen LogP contribution in [0.4, 0.5) is 13.2 Å². The Kier molecular flexibility index (Phi) is 5.62. The normalized spacial score (nSPS) is 12.4. The third-order valence-corrected chi connectivity index (χ3v) is 3.53. The maximum absolute atomic E-state index is 12.0. The van der Waals surface area contributed by atoms with Crippen LogP contribution >= 0.6 is 10.7 Å². The van der Waals surface area contributed by atoms with Gasteiger partial charge in [-0.2, -0.15) is 13.2 Å². The highest BCUT2D eigenvalue weighted by Crippen LogP contribution is 2.16. The summed E-state index contributed by atoms with van der Waals surface area (Å²) in [5, 5.41) is 1.26. The quantitative estimate of drug-likeness (QED) is 0.790. The summed E-state index contributed by atoms with van der Waals surface area (Å²) in [6.07, 6.45) is -2.51. The van der Waals surface area contributed by atoms with E-state index >= 15 is 0 Å². The van der Waals surface area contributed by atoms with Gasteiger partial charge in [0.15, 0.2) is 5.03 Å². The second kappa shape index (κ2) is 6.65. The predicted octanol–water partition coefficient (Wildman–Crippen LogP) is 1.44. The number of nitrogens with one attached hydrogen (secondary N) is 1. The van der Waals surface area contributed by atoms with Crippen LogP contribution in [0, 0.1) is 0 Å². The lowest BCUT2D eigenvalue weighted by atomic mass is 10.3. The molecule has 120 valence electrons. The number of carbonyl (C=O) groups is 1. The highest BCUT2D eigenvalue weighted by Gasteiger charge is 2.28. The van der Waals surface area contributed by atoms with Crippen LogP contribution in [-0.4, -0.2) is 36.6 Å². The maximum atomic E-state index is 12.0. The molecule has 6 nitrogen and oxygen atoms in total. The molecule has 0 fully saturated rings. The third-order valence-electron chi connectivity index (χ3n) is 2.36. The summed E-state index contributed by atoms with van der Waals surface area (Å²) in [6, 6.07) is 0. The van der Waals surface area contributed by atoms with Gasteiger partial charge in [0.25, 0.3) is 9.05 Å². The summed E-state index contributed by atoms with van der Waals surface area (Å²) in [7, 11) is 1.08. The Morgan fingerprint density at radius 2 is 2.10 bits per heavy atom. The smallest absolute Gasteiger partial charge is 0.345 e. The van der Waals surface area contributed by atoms with Gasteiger partial charge in [0.05, 0.1) is 0 Å². The van der Waals surface area contributed by atoms with Crippen molar-refractivity contribution in [1.82, 2.24) is 14.9 Å². The summed E-state index contributed by atoms with van der Waals surface area (Å²) in [5.74, 6) is -0.639. The Hall–Kier alpha value is -1.29. The summed E-state index contributed by atoms with van der Waals surface area (Å²) in [5.41, 5.74) is 0. The van der Waals surface area contributed by atoms with Crippen LogP contribution in [0.2, 0.25) is 0 Å². The van der Waals surface area contributed by atoms with Crippen LogP contribution in [0.1, 0.15) is 19.2 Å². The molecule has 1 rings (SSSR count). The fraction of sp³-hybridized carbons (Fsp3) is 0.600. The Morgan fingerprint density at radius 1 is 1.48 bits per heavy atom. The molecule has 0 unspecified atom stereocenters. The fourth-order valence-electron chi connectivity index (χ4n) is 1.52. The number of halogens is 4. The number of aromatic nitrogens is 2. The van der Waals surface area contributed by atoms with Crippen LogP contribution in [0.15, 0.2) is 11.2 Å². The van der Waals surface area contributed by atoms with Crippen molar-refractivity contribution in [3.63, 3.8) is 0 Å². The van der Waals surface area contributed by atoms with E-state index in [1.165, 1.54) is 4.57 Å². The number of amides is 1. The molecule has 0 aliphatic rings. The van der Waals surface area contributed by atoms with Gasteiger partial charge in [0, 0.05) is 23.3 Å². The lowest BCUT2D eigenvalue weighted by Crippen LogP contribution is -2.36. The van der Waals surface area contributed by atoms with Crippen LogP contribution in [0.25, 0.3) is 0 Å². The maximum Gasteiger partial charge on any atom is 0.405 e. The van der Waals surface area contributed by atoms with E-state index in [0.717, 1.165) is 6.20 Å². The van der Waals surface area contributed by atoms with Gasteiger partial charge in [-0.3, -0.25) is 4.79 Å². The zero-order chi connectivity index (χ0) is 16.3. The van der Waals surface area contributed by atoms with Crippen molar-refractivity contribution < 1.29 is 26.4 Å². The first kappa shape index (κ1) is 17.8. The summed E-state index contributed by atoms with van der Waals surface area (Å²) < 4.78 is 59.5. The lowest BCUT2D eigenvalue weighted by Gasteiger charge is -2.10. The molecule has 1 heterocycles. The molecule has 0 aliphatic carbocycles. The van der Waals surface area contributed by atoms with Crippen molar-refractivity contribution in [2.75, 3.05) is 6.54 Å². The first-order valence-electron chi connectivity index (χ1n) is 5.87. The first-order valence-corrected chi connectivity index (χ1v) is 8.18. The van der Waals surface area contributed by atoms with Gasteiger partial charge in [0.1, 0.15) is 18.9 Å². The van der Waals surface area contributed by atoms with E-state index in [1.807, 2.05) is 0 Å². The monoisotopic (exact) mass is 347 g/mol. The number of rotatable bonds is 6. The summed E-state index contributed by atoms with van der Waals surface area (Å²) in [4.78, 5) is 15.2. The average molecular weight is 348 g/mol. The lowest BCUT2D eigenvalue weighted by molar-refractivity contribution is -0.138. The topological polar surface area (TPSA) is 81.1 Å². The fourth-order valence-corrected chi connectivity index (χ4v) is 2.21. The molecule has 0 bridgehead atoms. The van der Waals surface area contributed by atoms with Gasteiger partial charge in [-0.15, -0.1) is 0 Å². The zero-order valence-corrected chi connectivity index (χ0v) is 12.5. The zero-order valence-electron chi connectivity index (χ0n) is 10.9. The molecular formula is C10H13ClF3N3O3S. The Balaban J connectivity index is 2.86. The van der Waals surface area contributed by atoms with E-state index in [2.05, 4.69) is 4.98 Å². The van der Waals surface area contributed by atoms with E-state index in [4.69, 9.17) is 10.7 Å². The van der Waals surface area contributed by atoms with Crippen LogP contribution in [0.3, 0.4) is 0 Å². The first-order chi connectivity index (χ1) is 9.53. The average Bonchev–Trinajstić information content (AvgIpc) is 2.69. The molecule has 0 aromatic carbocycles. The predicted molar refractivity (Wildman–Crippen MR) is 68.3 cm³/mol. The molecule has 0 aliphatic heterocycles.